The van der Waals surface area contributed by atoms with Crippen molar-refractivity contribution in [1.82, 2.24) is 5.32 Å². The topological polar surface area (TPSA) is 55.1 Å². The van der Waals surface area contributed by atoms with Gasteiger partial charge in [-0.15, -0.1) is 22.7 Å². The molecule has 6 heteroatoms. The molecule has 2 heterocycles. The molecular weight excluding hydrogens is 308 g/mol. The van der Waals surface area contributed by atoms with Crippen LogP contribution in [0, 0.1) is 0 Å². The number of thiophene rings is 2. The van der Waals surface area contributed by atoms with Crippen molar-refractivity contribution in [3.05, 3.63) is 37.1 Å². The van der Waals surface area contributed by atoms with Gasteiger partial charge in [0.1, 0.15) is 4.88 Å². The summed E-state index contributed by atoms with van der Waals surface area (Å²) in [7, 11) is 0. The maximum absolute atomic E-state index is 11.7. The number of halogens is 1. The minimum Gasteiger partial charge on any atom is -0.397 e. The predicted octanol–water partition coefficient (Wildman–Crippen LogP) is 3.08. The van der Waals surface area contributed by atoms with Crippen molar-refractivity contribution < 1.29 is 4.79 Å². The Morgan fingerprint density at radius 3 is 2.69 bits per heavy atom. The molecule has 3 N–H and O–H groups in total. The van der Waals surface area contributed by atoms with E-state index in [4.69, 9.17) is 5.73 Å². The van der Waals surface area contributed by atoms with E-state index in [0.717, 1.165) is 9.35 Å². The maximum atomic E-state index is 11.7. The van der Waals surface area contributed by atoms with Gasteiger partial charge in [-0.3, -0.25) is 4.79 Å². The Morgan fingerprint density at radius 1 is 1.38 bits per heavy atom. The van der Waals surface area contributed by atoms with Crippen LogP contribution in [0.15, 0.2) is 27.4 Å². The number of nitrogens with two attached hydrogens (primary N) is 1. The summed E-state index contributed by atoms with van der Waals surface area (Å²) in [5, 5.41) is 6.63. The number of anilines is 1. The van der Waals surface area contributed by atoms with E-state index >= 15 is 0 Å². The Morgan fingerprint density at radius 2 is 2.12 bits per heavy atom. The third kappa shape index (κ3) is 2.45. The average Bonchev–Trinajstić information content (AvgIpc) is 2.84. The highest BCUT2D eigenvalue weighted by molar-refractivity contribution is 9.10. The highest BCUT2D eigenvalue weighted by atomic mass is 79.9. The number of nitrogens with one attached hydrogen (secondary N) is 1. The Bertz CT molecular complexity index is 506. The first kappa shape index (κ1) is 11.6. The molecule has 2 aromatic heterocycles. The molecule has 0 saturated carbocycles. The number of nitrogen functional groups attached to an aromatic ring is 1. The van der Waals surface area contributed by atoms with Crippen LogP contribution in [-0.2, 0) is 6.54 Å². The monoisotopic (exact) mass is 316 g/mol. The minimum atomic E-state index is -0.118. The van der Waals surface area contributed by atoms with Crippen LogP contribution in [0.1, 0.15) is 14.5 Å². The first-order valence-electron chi connectivity index (χ1n) is 4.51. The molecule has 0 bridgehead atoms. The molecule has 0 radical (unpaired) electrons. The number of carbonyl (C=O) groups excluding carboxylic acids is 1. The molecule has 2 rings (SSSR count). The van der Waals surface area contributed by atoms with Crippen LogP contribution in [0.2, 0.25) is 0 Å². The summed E-state index contributed by atoms with van der Waals surface area (Å²) in [6.45, 7) is 0.522. The third-order valence-electron chi connectivity index (χ3n) is 2.00. The van der Waals surface area contributed by atoms with Gasteiger partial charge in [0.15, 0.2) is 0 Å². The van der Waals surface area contributed by atoms with E-state index in [1.165, 1.54) is 11.3 Å². The quantitative estimate of drug-likeness (QED) is 0.914. The lowest BCUT2D eigenvalue weighted by molar-refractivity contribution is 0.0956. The highest BCUT2D eigenvalue weighted by Crippen LogP contribution is 2.23. The van der Waals surface area contributed by atoms with Gasteiger partial charge in [-0.2, -0.15) is 0 Å². The summed E-state index contributed by atoms with van der Waals surface area (Å²) in [4.78, 5) is 13.4. The summed E-state index contributed by atoms with van der Waals surface area (Å²) < 4.78 is 1.02. The van der Waals surface area contributed by atoms with Crippen LogP contribution in [0.5, 0.6) is 0 Å². The largest absolute Gasteiger partial charge is 0.397 e. The zero-order chi connectivity index (χ0) is 11.5. The van der Waals surface area contributed by atoms with Gasteiger partial charge in [0.25, 0.3) is 5.91 Å². The summed E-state index contributed by atoms with van der Waals surface area (Å²) in [6, 6.07) is 3.70. The van der Waals surface area contributed by atoms with Crippen molar-refractivity contribution in [3.8, 4) is 0 Å². The first-order valence-corrected chi connectivity index (χ1v) is 7.06. The molecule has 0 aliphatic rings. The fourth-order valence-electron chi connectivity index (χ4n) is 1.20. The van der Waals surface area contributed by atoms with Crippen LogP contribution >= 0.6 is 38.6 Å². The second kappa shape index (κ2) is 4.99. The van der Waals surface area contributed by atoms with E-state index in [0.29, 0.717) is 17.1 Å². The molecule has 0 unspecified atom stereocenters. The highest BCUT2D eigenvalue weighted by Gasteiger charge is 2.11. The van der Waals surface area contributed by atoms with Crippen molar-refractivity contribution in [3.63, 3.8) is 0 Å². The van der Waals surface area contributed by atoms with Crippen LogP contribution in [0.3, 0.4) is 0 Å². The molecule has 0 atom stereocenters. The van der Waals surface area contributed by atoms with E-state index in [9.17, 15) is 4.79 Å². The molecular formula is C10H9BrN2OS2. The van der Waals surface area contributed by atoms with Gasteiger partial charge in [0, 0.05) is 9.35 Å². The van der Waals surface area contributed by atoms with Gasteiger partial charge < -0.3 is 11.1 Å². The summed E-state index contributed by atoms with van der Waals surface area (Å²) in [5.74, 6) is -0.118. The van der Waals surface area contributed by atoms with E-state index in [1.807, 2.05) is 16.8 Å². The fraction of sp³-hybridized carbons (Fsp3) is 0.100. The average molecular weight is 317 g/mol. The molecule has 0 aliphatic heterocycles. The smallest absolute Gasteiger partial charge is 0.263 e. The lowest BCUT2D eigenvalue weighted by Crippen LogP contribution is -2.22. The van der Waals surface area contributed by atoms with Gasteiger partial charge in [-0.25, -0.2) is 0 Å². The zero-order valence-electron chi connectivity index (χ0n) is 8.20. The van der Waals surface area contributed by atoms with E-state index in [2.05, 4.69) is 21.2 Å². The molecule has 0 spiro atoms. The van der Waals surface area contributed by atoms with Gasteiger partial charge in [-0.1, -0.05) is 0 Å². The number of rotatable bonds is 3. The molecule has 0 aliphatic carbocycles. The molecule has 0 aromatic carbocycles. The van der Waals surface area contributed by atoms with Gasteiger partial charge >= 0.3 is 0 Å². The minimum absolute atomic E-state index is 0.118. The Hall–Kier alpha value is -0.850. The Balaban J connectivity index is 1.99. The standard InChI is InChI=1S/C10H9BrN2OS2/c11-6-1-3-15-8(6)5-13-10(14)9-7(12)2-4-16-9/h1-4H,5,12H2,(H,13,14). The SMILES string of the molecule is Nc1ccsc1C(=O)NCc1sccc1Br. The van der Waals surface area contributed by atoms with Crippen LogP contribution in [0.25, 0.3) is 0 Å². The first-order chi connectivity index (χ1) is 7.68. The van der Waals surface area contributed by atoms with Crippen molar-refractivity contribution in [2.75, 3.05) is 5.73 Å². The van der Waals surface area contributed by atoms with Crippen LogP contribution in [0.4, 0.5) is 5.69 Å². The van der Waals surface area contributed by atoms with E-state index < -0.39 is 0 Å². The summed E-state index contributed by atoms with van der Waals surface area (Å²) in [6.07, 6.45) is 0. The number of hydrogen-bond acceptors (Lipinski definition) is 4. The van der Waals surface area contributed by atoms with E-state index in [1.54, 1.807) is 17.4 Å². The third-order valence-corrected chi connectivity index (χ3v) is 4.86. The van der Waals surface area contributed by atoms with Crippen molar-refractivity contribution in [1.29, 1.82) is 0 Å². The van der Waals surface area contributed by atoms with Crippen molar-refractivity contribution >= 4 is 50.2 Å². The number of carbonyl (C=O) groups is 1. The molecule has 16 heavy (non-hydrogen) atoms. The number of hydrogen-bond donors (Lipinski definition) is 2. The van der Waals surface area contributed by atoms with Crippen LogP contribution in [-0.4, -0.2) is 5.91 Å². The summed E-state index contributed by atoms with van der Waals surface area (Å²) >= 11 is 6.37. The van der Waals surface area contributed by atoms with E-state index in [-0.39, 0.29) is 5.91 Å². The zero-order valence-corrected chi connectivity index (χ0v) is 11.4. The molecule has 1 amide bonds. The van der Waals surface area contributed by atoms with Gasteiger partial charge in [0.2, 0.25) is 0 Å². The second-order valence-electron chi connectivity index (χ2n) is 3.08. The Labute approximate surface area is 109 Å². The predicted molar refractivity (Wildman–Crippen MR) is 71.9 cm³/mol. The van der Waals surface area contributed by atoms with Crippen molar-refractivity contribution in [2.24, 2.45) is 0 Å². The lowest BCUT2D eigenvalue weighted by Gasteiger charge is -2.03. The second-order valence-corrected chi connectivity index (χ2v) is 5.85. The van der Waals surface area contributed by atoms with Crippen LogP contribution < -0.4 is 11.1 Å². The lowest BCUT2D eigenvalue weighted by atomic mass is 10.3. The molecule has 84 valence electrons. The Kier molecular flexibility index (Phi) is 3.63. The summed E-state index contributed by atoms with van der Waals surface area (Å²) in [5.41, 5.74) is 6.20. The molecule has 0 saturated heterocycles. The number of amides is 1. The normalized spacial score (nSPS) is 10.3. The van der Waals surface area contributed by atoms with Gasteiger partial charge in [-0.05, 0) is 38.8 Å². The molecule has 2 aromatic rings. The molecule has 3 nitrogen and oxygen atoms in total. The maximum Gasteiger partial charge on any atom is 0.263 e. The van der Waals surface area contributed by atoms with Crippen molar-refractivity contribution in [2.45, 2.75) is 6.54 Å². The fourth-order valence-corrected chi connectivity index (χ4v) is 3.36. The van der Waals surface area contributed by atoms with Gasteiger partial charge in [0.05, 0.1) is 12.2 Å². The molecule has 0 fully saturated rings.